The lowest BCUT2D eigenvalue weighted by Gasteiger charge is -2.22. The van der Waals surface area contributed by atoms with Crippen molar-refractivity contribution >= 4 is 11.6 Å². The van der Waals surface area contributed by atoms with E-state index in [1.165, 1.54) is 12.1 Å². The predicted molar refractivity (Wildman–Crippen MR) is 82.4 cm³/mol. The summed E-state index contributed by atoms with van der Waals surface area (Å²) in [7, 11) is 0. The molecule has 0 fully saturated rings. The van der Waals surface area contributed by atoms with Crippen molar-refractivity contribution in [2.45, 2.75) is 20.4 Å². The third-order valence-electron chi connectivity index (χ3n) is 3.44. The summed E-state index contributed by atoms with van der Waals surface area (Å²) in [6, 6.07) is 11.7. The molecule has 110 valence electrons. The highest BCUT2D eigenvalue weighted by atomic mass is 19.1. The van der Waals surface area contributed by atoms with Gasteiger partial charge in [-0.1, -0.05) is 12.1 Å². The van der Waals surface area contributed by atoms with Gasteiger partial charge in [0.05, 0.1) is 0 Å². The highest BCUT2D eigenvalue weighted by Gasteiger charge is 2.16. The van der Waals surface area contributed by atoms with Gasteiger partial charge in [0.2, 0.25) is 0 Å². The van der Waals surface area contributed by atoms with Crippen LogP contribution in [0.5, 0.6) is 0 Å². The van der Waals surface area contributed by atoms with E-state index in [9.17, 15) is 9.18 Å². The second kappa shape index (κ2) is 6.39. The molecule has 3 nitrogen and oxygen atoms in total. The third-order valence-corrected chi connectivity index (χ3v) is 3.44. The fourth-order valence-electron chi connectivity index (χ4n) is 2.21. The lowest BCUT2D eigenvalue weighted by Crippen LogP contribution is -2.30. The zero-order chi connectivity index (χ0) is 15.4. The van der Waals surface area contributed by atoms with Crippen LogP contribution in [0.1, 0.15) is 28.4 Å². The SMILES string of the molecule is CCN(Cc1ccc(N)cc1)C(=O)c1ccc(F)cc1C. The fraction of sp³-hybridized carbons (Fsp3) is 0.235. The second-order valence-electron chi connectivity index (χ2n) is 5.02. The van der Waals surface area contributed by atoms with Gasteiger partial charge < -0.3 is 10.6 Å². The van der Waals surface area contributed by atoms with Crippen molar-refractivity contribution < 1.29 is 9.18 Å². The highest BCUT2D eigenvalue weighted by Crippen LogP contribution is 2.15. The minimum Gasteiger partial charge on any atom is -0.399 e. The van der Waals surface area contributed by atoms with Crippen LogP contribution in [-0.2, 0) is 6.54 Å². The molecule has 0 saturated carbocycles. The lowest BCUT2D eigenvalue weighted by atomic mass is 10.1. The van der Waals surface area contributed by atoms with Crippen LogP contribution in [0.15, 0.2) is 42.5 Å². The van der Waals surface area contributed by atoms with Crippen molar-refractivity contribution in [3.8, 4) is 0 Å². The molecule has 1 amide bonds. The Kier molecular flexibility index (Phi) is 4.58. The first-order chi connectivity index (χ1) is 10.0. The van der Waals surface area contributed by atoms with Gasteiger partial charge in [-0.3, -0.25) is 4.79 Å². The first-order valence-electron chi connectivity index (χ1n) is 6.91. The zero-order valence-corrected chi connectivity index (χ0v) is 12.3. The minimum absolute atomic E-state index is 0.0909. The van der Waals surface area contributed by atoms with Crippen molar-refractivity contribution in [1.82, 2.24) is 4.90 Å². The molecule has 0 bridgehead atoms. The van der Waals surface area contributed by atoms with Crippen LogP contribution in [0, 0.1) is 12.7 Å². The average Bonchev–Trinajstić information content (AvgIpc) is 2.46. The van der Waals surface area contributed by atoms with E-state index in [0.717, 1.165) is 5.56 Å². The van der Waals surface area contributed by atoms with E-state index in [1.54, 1.807) is 17.9 Å². The molecule has 0 aliphatic carbocycles. The summed E-state index contributed by atoms with van der Waals surface area (Å²) in [5.74, 6) is -0.419. The van der Waals surface area contributed by atoms with Crippen LogP contribution >= 0.6 is 0 Å². The molecule has 0 saturated heterocycles. The monoisotopic (exact) mass is 286 g/mol. The van der Waals surface area contributed by atoms with Crippen molar-refractivity contribution in [2.24, 2.45) is 0 Å². The largest absolute Gasteiger partial charge is 0.399 e. The summed E-state index contributed by atoms with van der Waals surface area (Å²) in [5, 5.41) is 0. The standard InChI is InChI=1S/C17H19FN2O/c1-3-20(11-13-4-7-15(19)8-5-13)17(21)16-9-6-14(18)10-12(16)2/h4-10H,3,11,19H2,1-2H3. The summed E-state index contributed by atoms with van der Waals surface area (Å²) in [5.41, 5.74) is 8.55. The normalized spacial score (nSPS) is 10.4. The van der Waals surface area contributed by atoms with E-state index in [1.807, 2.05) is 31.2 Å². The molecular formula is C17H19FN2O. The number of aryl methyl sites for hydroxylation is 1. The Morgan fingerprint density at radius 1 is 1.19 bits per heavy atom. The zero-order valence-electron chi connectivity index (χ0n) is 12.3. The van der Waals surface area contributed by atoms with Gasteiger partial charge in [0.25, 0.3) is 5.91 Å². The van der Waals surface area contributed by atoms with Gasteiger partial charge in [-0.15, -0.1) is 0 Å². The number of hydrogen-bond donors (Lipinski definition) is 1. The molecule has 2 N–H and O–H groups in total. The second-order valence-corrected chi connectivity index (χ2v) is 5.02. The fourth-order valence-corrected chi connectivity index (χ4v) is 2.21. The van der Waals surface area contributed by atoms with E-state index >= 15 is 0 Å². The smallest absolute Gasteiger partial charge is 0.254 e. The number of halogens is 1. The predicted octanol–water partition coefficient (Wildman–Crippen LogP) is 3.38. The van der Waals surface area contributed by atoms with Crippen LogP contribution in [-0.4, -0.2) is 17.4 Å². The van der Waals surface area contributed by atoms with Gasteiger partial charge in [-0.2, -0.15) is 0 Å². The molecule has 0 aliphatic rings. The number of anilines is 1. The summed E-state index contributed by atoms with van der Waals surface area (Å²) in [6.07, 6.45) is 0. The van der Waals surface area contributed by atoms with E-state index < -0.39 is 0 Å². The molecule has 4 heteroatoms. The number of rotatable bonds is 4. The Morgan fingerprint density at radius 2 is 1.86 bits per heavy atom. The topological polar surface area (TPSA) is 46.3 Å². The first-order valence-corrected chi connectivity index (χ1v) is 6.91. The van der Waals surface area contributed by atoms with Crippen molar-refractivity contribution in [1.29, 1.82) is 0 Å². The van der Waals surface area contributed by atoms with E-state index in [0.29, 0.717) is 29.9 Å². The number of nitrogen functional groups attached to an aromatic ring is 1. The first kappa shape index (κ1) is 15.0. The summed E-state index contributed by atoms with van der Waals surface area (Å²) >= 11 is 0. The summed E-state index contributed by atoms with van der Waals surface area (Å²) in [4.78, 5) is 14.3. The van der Waals surface area contributed by atoms with Crippen molar-refractivity contribution in [3.05, 3.63) is 65.0 Å². The Hall–Kier alpha value is -2.36. The molecule has 0 heterocycles. The molecule has 2 aromatic carbocycles. The third kappa shape index (κ3) is 3.60. The van der Waals surface area contributed by atoms with Gasteiger partial charge in [-0.25, -0.2) is 4.39 Å². The van der Waals surface area contributed by atoms with Gasteiger partial charge in [0, 0.05) is 24.3 Å². The molecule has 0 atom stereocenters. The van der Waals surface area contributed by atoms with Gasteiger partial charge in [0.15, 0.2) is 0 Å². The molecule has 0 spiro atoms. The summed E-state index contributed by atoms with van der Waals surface area (Å²) in [6.45, 7) is 4.76. The minimum atomic E-state index is -0.328. The van der Waals surface area contributed by atoms with E-state index in [-0.39, 0.29) is 11.7 Å². The molecule has 21 heavy (non-hydrogen) atoms. The molecule has 0 aliphatic heterocycles. The molecule has 2 aromatic rings. The van der Waals surface area contributed by atoms with Crippen LogP contribution in [0.25, 0.3) is 0 Å². The Morgan fingerprint density at radius 3 is 2.43 bits per heavy atom. The molecule has 0 aromatic heterocycles. The number of nitrogens with zero attached hydrogens (tertiary/aromatic N) is 1. The van der Waals surface area contributed by atoms with Crippen molar-refractivity contribution in [3.63, 3.8) is 0 Å². The quantitative estimate of drug-likeness (QED) is 0.876. The molecule has 0 unspecified atom stereocenters. The molecular weight excluding hydrogens is 267 g/mol. The summed E-state index contributed by atoms with van der Waals surface area (Å²) < 4.78 is 13.1. The average molecular weight is 286 g/mol. The van der Waals surface area contributed by atoms with Crippen LogP contribution < -0.4 is 5.73 Å². The Balaban J connectivity index is 2.20. The number of carbonyl (C=O) groups is 1. The maximum Gasteiger partial charge on any atom is 0.254 e. The van der Waals surface area contributed by atoms with Crippen molar-refractivity contribution in [2.75, 3.05) is 12.3 Å². The van der Waals surface area contributed by atoms with E-state index in [2.05, 4.69) is 0 Å². The number of carbonyl (C=O) groups excluding carboxylic acids is 1. The van der Waals surface area contributed by atoms with E-state index in [4.69, 9.17) is 5.73 Å². The maximum atomic E-state index is 13.1. The van der Waals surface area contributed by atoms with Crippen LogP contribution in [0.2, 0.25) is 0 Å². The van der Waals surface area contributed by atoms with Crippen LogP contribution in [0.3, 0.4) is 0 Å². The van der Waals surface area contributed by atoms with Gasteiger partial charge >= 0.3 is 0 Å². The number of amides is 1. The molecule has 2 rings (SSSR count). The Bertz CT molecular complexity index is 638. The van der Waals surface area contributed by atoms with Gasteiger partial charge in [-0.05, 0) is 55.3 Å². The maximum absolute atomic E-state index is 13.1. The van der Waals surface area contributed by atoms with Gasteiger partial charge in [0.1, 0.15) is 5.82 Å². The number of benzene rings is 2. The molecule has 0 radical (unpaired) electrons. The van der Waals surface area contributed by atoms with Crippen LogP contribution in [0.4, 0.5) is 10.1 Å². The number of nitrogens with two attached hydrogens (primary N) is 1. The highest BCUT2D eigenvalue weighted by molar-refractivity contribution is 5.95. The number of hydrogen-bond acceptors (Lipinski definition) is 2. The lowest BCUT2D eigenvalue weighted by molar-refractivity contribution is 0.0752. The Labute approximate surface area is 124 Å².